The number of benzene rings is 1. The van der Waals surface area contributed by atoms with E-state index in [1.165, 1.54) is 0 Å². The van der Waals surface area contributed by atoms with Gasteiger partial charge in [-0.15, -0.1) is 0 Å². The van der Waals surface area contributed by atoms with Gasteiger partial charge in [-0.05, 0) is 25.5 Å². The highest BCUT2D eigenvalue weighted by Gasteiger charge is 2.17. The smallest absolute Gasteiger partial charge is 0.240 e. The molecule has 0 radical (unpaired) electrons. The van der Waals surface area contributed by atoms with Crippen molar-refractivity contribution in [3.63, 3.8) is 0 Å². The van der Waals surface area contributed by atoms with Crippen LogP contribution in [-0.2, 0) is 26.9 Å². The van der Waals surface area contributed by atoms with Gasteiger partial charge in [0.05, 0.1) is 11.0 Å². The number of hydrogen-bond acceptors (Lipinski definition) is 4. The van der Waals surface area contributed by atoms with E-state index in [-0.39, 0.29) is 24.2 Å². The van der Waals surface area contributed by atoms with Crippen molar-refractivity contribution >= 4 is 26.8 Å². The molecule has 0 spiro atoms. The standard InChI is InChI=1S/C15H21N3O3S/c1-4-11(2)16-15(19)9-18-13-8-6-5-7-12(13)17-14(18)10-22(3,20)21/h5-8,11H,4,9-10H2,1-3H3,(H,16,19). The molecule has 22 heavy (non-hydrogen) atoms. The van der Waals surface area contributed by atoms with Crippen LogP contribution in [0, 0.1) is 0 Å². The molecule has 0 saturated carbocycles. The first-order valence-corrected chi connectivity index (χ1v) is 9.27. The number of carbonyl (C=O) groups excluding carboxylic acids is 1. The zero-order chi connectivity index (χ0) is 16.3. The maximum Gasteiger partial charge on any atom is 0.240 e. The van der Waals surface area contributed by atoms with E-state index >= 15 is 0 Å². The largest absolute Gasteiger partial charge is 0.352 e. The van der Waals surface area contributed by atoms with Crippen molar-refractivity contribution in [3.8, 4) is 0 Å². The lowest BCUT2D eigenvalue weighted by Gasteiger charge is -2.13. The lowest BCUT2D eigenvalue weighted by atomic mass is 10.2. The van der Waals surface area contributed by atoms with Crippen LogP contribution in [0.2, 0.25) is 0 Å². The number of amides is 1. The van der Waals surface area contributed by atoms with Gasteiger partial charge in [-0.1, -0.05) is 19.1 Å². The Kier molecular flexibility index (Phi) is 4.85. The Labute approximate surface area is 130 Å². The molecule has 1 heterocycles. The molecular weight excluding hydrogens is 302 g/mol. The maximum atomic E-state index is 12.1. The second-order valence-corrected chi connectivity index (χ2v) is 7.69. The average Bonchev–Trinajstić information content (AvgIpc) is 2.74. The number of aromatic nitrogens is 2. The number of nitrogens with one attached hydrogen (secondary N) is 1. The zero-order valence-electron chi connectivity index (χ0n) is 13.0. The highest BCUT2D eigenvalue weighted by molar-refractivity contribution is 7.89. The predicted molar refractivity (Wildman–Crippen MR) is 86.2 cm³/mol. The Hall–Kier alpha value is -1.89. The molecule has 1 aromatic carbocycles. The monoisotopic (exact) mass is 323 g/mol. The summed E-state index contributed by atoms with van der Waals surface area (Å²) in [4.78, 5) is 16.5. The first-order chi connectivity index (χ1) is 10.3. The Balaban J connectivity index is 2.37. The van der Waals surface area contributed by atoms with Crippen molar-refractivity contribution in [2.75, 3.05) is 6.26 Å². The summed E-state index contributed by atoms with van der Waals surface area (Å²) in [6.45, 7) is 3.99. The van der Waals surface area contributed by atoms with Crippen LogP contribution in [0.25, 0.3) is 11.0 Å². The zero-order valence-corrected chi connectivity index (χ0v) is 13.9. The molecule has 0 saturated heterocycles. The first-order valence-electron chi connectivity index (χ1n) is 7.21. The van der Waals surface area contributed by atoms with Crippen LogP contribution in [0.15, 0.2) is 24.3 Å². The number of sulfone groups is 1. The van der Waals surface area contributed by atoms with Crippen molar-refractivity contribution in [1.29, 1.82) is 0 Å². The topological polar surface area (TPSA) is 81.1 Å². The summed E-state index contributed by atoms with van der Waals surface area (Å²) in [6, 6.07) is 7.41. The molecule has 0 aliphatic heterocycles. The van der Waals surface area contributed by atoms with Crippen LogP contribution >= 0.6 is 0 Å². The molecule has 2 aromatic rings. The molecule has 1 atom stereocenters. The van der Waals surface area contributed by atoms with Crippen molar-refractivity contribution in [2.24, 2.45) is 0 Å². The predicted octanol–water partition coefficient (Wildman–Crippen LogP) is 1.50. The number of fused-ring (bicyclic) bond motifs is 1. The minimum atomic E-state index is -3.23. The summed E-state index contributed by atoms with van der Waals surface area (Å²) >= 11 is 0. The van der Waals surface area contributed by atoms with Gasteiger partial charge in [-0.25, -0.2) is 13.4 Å². The van der Waals surface area contributed by atoms with Gasteiger partial charge in [0.1, 0.15) is 18.1 Å². The second-order valence-electron chi connectivity index (χ2n) is 5.55. The quantitative estimate of drug-likeness (QED) is 0.873. The minimum absolute atomic E-state index is 0.0652. The summed E-state index contributed by atoms with van der Waals surface area (Å²) in [5.74, 6) is 0.0634. The van der Waals surface area contributed by atoms with Gasteiger partial charge in [0.25, 0.3) is 0 Å². The first kappa shape index (κ1) is 16.5. The minimum Gasteiger partial charge on any atom is -0.352 e. The summed E-state index contributed by atoms with van der Waals surface area (Å²) in [7, 11) is -3.23. The molecule has 1 aromatic heterocycles. The van der Waals surface area contributed by atoms with Crippen molar-refractivity contribution < 1.29 is 13.2 Å². The molecule has 0 aliphatic rings. The molecular formula is C15H21N3O3S. The molecule has 1 amide bonds. The van der Waals surface area contributed by atoms with Gasteiger partial charge < -0.3 is 9.88 Å². The van der Waals surface area contributed by atoms with Gasteiger partial charge in [0.2, 0.25) is 5.91 Å². The van der Waals surface area contributed by atoms with E-state index in [1.54, 1.807) is 4.57 Å². The summed E-state index contributed by atoms with van der Waals surface area (Å²) < 4.78 is 24.8. The highest BCUT2D eigenvalue weighted by atomic mass is 32.2. The normalized spacial score (nSPS) is 13.2. The molecule has 6 nitrogen and oxygen atoms in total. The van der Waals surface area contributed by atoms with Gasteiger partial charge in [0, 0.05) is 12.3 Å². The number of hydrogen-bond donors (Lipinski definition) is 1. The van der Waals surface area contributed by atoms with Crippen LogP contribution < -0.4 is 5.32 Å². The number of imidazole rings is 1. The number of rotatable bonds is 6. The second kappa shape index (κ2) is 6.48. The van der Waals surface area contributed by atoms with Crippen LogP contribution in [0.4, 0.5) is 0 Å². The fourth-order valence-electron chi connectivity index (χ4n) is 2.21. The molecule has 7 heteroatoms. The van der Waals surface area contributed by atoms with E-state index in [2.05, 4.69) is 10.3 Å². The summed E-state index contributed by atoms with van der Waals surface area (Å²) in [5.41, 5.74) is 1.46. The number of para-hydroxylation sites is 2. The Morgan fingerprint density at radius 1 is 1.36 bits per heavy atom. The van der Waals surface area contributed by atoms with Gasteiger partial charge in [0.15, 0.2) is 9.84 Å². The summed E-state index contributed by atoms with van der Waals surface area (Å²) in [6.07, 6.45) is 2.00. The van der Waals surface area contributed by atoms with E-state index in [9.17, 15) is 13.2 Å². The summed E-state index contributed by atoms with van der Waals surface area (Å²) in [5, 5.41) is 2.89. The van der Waals surface area contributed by atoms with Crippen LogP contribution in [0.1, 0.15) is 26.1 Å². The van der Waals surface area contributed by atoms with E-state index < -0.39 is 9.84 Å². The molecule has 2 rings (SSSR count). The Bertz CT molecular complexity index is 780. The third kappa shape index (κ3) is 4.07. The Morgan fingerprint density at radius 3 is 2.68 bits per heavy atom. The van der Waals surface area contributed by atoms with Crippen LogP contribution in [-0.4, -0.2) is 36.2 Å². The molecule has 1 N–H and O–H groups in total. The van der Waals surface area contributed by atoms with Gasteiger partial charge in [-0.2, -0.15) is 0 Å². The lowest BCUT2D eigenvalue weighted by Crippen LogP contribution is -2.35. The van der Waals surface area contributed by atoms with E-state index in [0.717, 1.165) is 18.2 Å². The Morgan fingerprint density at radius 2 is 2.05 bits per heavy atom. The van der Waals surface area contributed by atoms with E-state index in [0.29, 0.717) is 11.3 Å². The van der Waals surface area contributed by atoms with Crippen LogP contribution in [0.3, 0.4) is 0 Å². The molecule has 0 fully saturated rings. The van der Waals surface area contributed by atoms with Crippen LogP contribution in [0.5, 0.6) is 0 Å². The third-order valence-corrected chi connectivity index (χ3v) is 4.23. The number of carbonyl (C=O) groups is 1. The lowest BCUT2D eigenvalue weighted by molar-refractivity contribution is -0.122. The number of nitrogens with zero attached hydrogens (tertiary/aromatic N) is 2. The maximum absolute atomic E-state index is 12.1. The fraction of sp³-hybridized carbons (Fsp3) is 0.467. The molecule has 1 unspecified atom stereocenters. The SMILES string of the molecule is CCC(C)NC(=O)Cn1c(CS(C)(=O)=O)nc2ccccc21. The van der Waals surface area contributed by atoms with E-state index in [1.807, 2.05) is 38.1 Å². The average molecular weight is 323 g/mol. The van der Waals surface area contributed by atoms with Crippen molar-refractivity contribution in [3.05, 3.63) is 30.1 Å². The van der Waals surface area contributed by atoms with Crippen molar-refractivity contribution in [1.82, 2.24) is 14.9 Å². The molecule has 0 aliphatic carbocycles. The van der Waals surface area contributed by atoms with Gasteiger partial charge >= 0.3 is 0 Å². The molecule has 120 valence electrons. The van der Waals surface area contributed by atoms with E-state index in [4.69, 9.17) is 0 Å². The fourth-order valence-corrected chi connectivity index (χ4v) is 2.90. The molecule has 0 bridgehead atoms. The van der Waals surface area contributed by atoms with Gasteiger partial charge in [-0.3, -0.25) is 4.79 Å². The van der Waals surface area contributed by atoms with Crippen molar-refractivity contribution in [2.45, 2.75) is 38.6 Å². The third-order valence-electron chi connectivity index (χ3n) is 3.45. The highest BCUT2D eigenvalue weighted by Crippen LogP contribution is 2.17.